The molecule has 1 fully saturated rings. The van der Waals surface area contributed by atoms with Crippen molar-refractivity contribution in [1.82, 2.24) is 9.62 Å². The van der Waals surface area contributed by atoms with Crippen molar-refractivity contribution in [1.29, 1.82) is 0 Å². The number of thioether (sulfide) groups is 1. The van der Waals surface area contributed by atoms with E-state index in [9.17, 15) is 13.2 Å². The van der Waals surface area contributed by atoms with Gasteiger partial charge >= 0.3 is 0 Å². The summed E-state index contributed by atoms with van der Waals surface area (Å²) < 4.78 is 27.9. The lowest BCUT2D eigenvalue weighted by Gasteiger charge is -2.24. The summed E-state index contributed by atoms with van der Waals surface area (Å²) in [5.74, 6) is 0.862. The molecule has 1 aromatic rings. The van der Waals surface area contributed by atoms with Gasteiger partial charge < -0.3 is 10.6 Å². The van der Waals surface area contributed by atoms with Crippen molar-refractivity contribution in [2.45, 2.75) is 30.7 Å². The summed E-state index contributed by atoms with van der Waals surface area (Å²) in [5.41, 5.74) is 6.67. The van der Waals surface area contributed by atoms with Crippen LogP contribution in [-0.2, 0) is 14.8 Å². The molecule has 1 aliphatic heterocycles. The summed E-state index contributed by atoms with van der Waals surface area (Å²) in [7, 11) is -3.73. The zero-order valence-electron chi connectivity index (χ0n) is 15.2. The van der Waals surface area contributed by atoms with Crippen LogP contribution in [0.25, 0.3) is 0 Å². The fourth-order valence-corrected chi connectivity index (χ4v) is 4.58. The number of benzene rings is 1. The van der Waals surface area contributed by atoms with Crippen LogP contribution in [0.15, 0.2) is 29.2 Å². The first-order chi connectivity index (χ1) is 11.9. The normalized spacial score (nSPS) is 18.4. The second-order valence-electron chi connectivity index (χ2n) is 6.44. The van der Waals surface area contributed by atoms with Gasteiger partial charge in [-0.2, -0.15) is 16.5 Å². The van der Waals surface area contributed by atoms with Crippen LogP contribution >= 0.6 is 24.2 Å². The van der Waals surface area contributed by atoms with Crippen molar-refractivity contribution in [3.8, 4) is 0 Å². The number of hydrogen-bond acceptors (Lipinski definition) is 5. The molecule has 2 atom stereocenters. The number of sulfonamides is 1. The van der Waals surface area contributed by atoms with E-state index in [4.69, 9.17) is 5.73 Å². The highest BCUT2D eigenvalue weighted by Gasteiger charge is 2.32. The Balaban J connectivity index is 0.00000338. The molecule has 3 N–H and O–H groups in total. The molecule has 0 aromatic heterocycles. The highest BCUT2D eigenvalue weighted by molar-refractivity contribution is 7.98. The molecule has 2 rings (SSSR count). The smallest absolute Gasteiger partial charge is 0.241 e. The number of aryl methyl sites for hydroxylation is 1. The molecule has 0 saturated carbocycles. The summed E-state index contributed by atoms with van der Waals surface area (Å²) in [5, 5.41) is 0. The average Bonchev–Trinajstić information content (AvgIpc) is 3.07. The van der Waals surface area contributed by atoms with Gasteiger partial charge in [-0.05, 0) is 56.4 Å². The van der Waals surface area contributed by atoms with E-state index in [2.05, 4.69) is 4.72 Å². The van der Waals surface area contributed by atoms with Crippen molar-refractivity contribution in [3.63, 3.8) is 0 Å². The number of nitrogens with zero attached hydrogens (tertiary/aromatic N) is 1. The fraction of sp³-hybridized carbons (Fsp3) is 0.588. The van der Waals surface area contributed by atoms with Crippen LogP contribution in [0.3, 0.4) is 0 Å². The first kappa shape index (κ1) is 23.2. The van der Waals surface area contributed by atoms with Gasteiger partial charge in [-0.1, -0.05) is 17.7 Å². The third-order valence-electron chi connectivity index (χ3n) is 4.47. The van der Waals surface area contributed by atoms with Crippen molar-refractivity contribution < 1.29 is 13.2 Å². The van der Waals surface area contributed by atoms with Crippen LogP contribution in [0, 0.1) is 12.8 Å². The van der Waals surface area contributed by atoms with E-state index in [0.29, 0.717) is 37.7 Å². The number of carbonyl (C=O) groups is 1. The Hall–Kier alpha value is -0.800. The number of hydrogen-bond donors (Lipinski definition) is 2. The molecule has 0 spiro atoms. The van der Waals surface area contributed by atoms with E-state index in [0.717, 1.165) is 12.0 Å². The maximum Gasteiger partial charge on any atom is 0.241 e. The lowest BCUT2D eigenvalue weighted by Crippen LogP contribution is -2.48. The molecule has 148 valence electrons. The fourth-order valence-electron chi connectivity index (χ4n) is 2.89. The Morgan fingerprint density at radius 1 is 1.38 bits per heavy atom. The minimum absolute atomic E-state index is 0. The van der Waals surface area contributed by atoms with Crippen LogP contribution in [0.4, 0.5) is 0 Å². The molecule has 9 heteroatoms. The molecule has 26 heavy (non-hydrogen) atoms. The van der Waals surface area contributed by atoms with E-state index in [1.807, 2.05) is 13.2 Å². The molecule has 0 radical (unpaired) electrons. The van der Waals surface area contributed by atoms with Gasteiger partial charge in [0.2, 0.25) is 15.9 Å². The number of rotatable bonds is 8. The summed E-state index contributed by atoms with van der Waals surface area (Å²) >= 11 is 1.59. The van der Waals surface area contributed by atoms with Crippen molar-refractivity contribution in [2.24, 2.45) is 11.7 Å². The lowest BCUT2D eigenvalue weighted by atomic mass is 10.1. The second kappa shape index (κ2) is 10.5. The standard InChI is InChI=1S/C17H27N3O3S2.ClH/c1-13-3-5-15(6-4-13)25(22,23)19-16(8-10-24-2)17(21)20-9-7-14(11-18)12-20;/h3-6,14,16,19H,7-12,18H2,1-2H3;1H. The van der Waals surface area contributed by atoms with Gasteiger partial charge in [-0.3, -0.25) is 4.79 Å². The first-order valence-electron chi connectivity index (χ1n) is 8.44. The lowest BCUT2D eigenvalue weighted by molar-refractivity contribution is -0.132. The number of nitrogens with two attached hydrogens (primary N) is 1. The number of halogens is 1. The number of amides is 1. The van der Waals surface area contributed by atoms with E-state index in [-0.39, 0.29) is 23.2 Å². The van der Waals surface area contributed by atoms with E-state index < -0.39 is 16.1 Å². The van der Waals surface area contributed by atoms with Crippen LogP contribution < -0.4 is 10.5 Å². The SMILES string of the molecule is CSCCC(NS(=O)(=O)c1ccc(C)cc1)C(=O)N1CCC(CN)C1.Cl. The van der Waals surface area contributed by atoms with Crippen molar-refractivity contribution in [3.05, 3.63) is 29.8 Å². The Kier molecular flexibility index (Phi) is 9.40. The summed E-state index contributed by atoms with van der Waals surface area (Å²) in [6, 6.07) is 5.89. The zero-order chi connectivity index (χ0) is 18.4. The summed E-state index contributed by atoms with van der Waals surface area (Å²) in [4.78, 5) is 14.7. The molecule has 1 aliphatic rings. The van der Waals surface area contributed by atoms with Gasteiger partial charge in [-0.15, -0.1) is 12.4 Å². The van der Waals surface area contributed by atoms with Crippen molar-refractivity contribution >= 4 is 40.1 Å². The van der Waals surface area contributed by atoms with Crippen LogP contribution in [0.2, 0.25) is 0 Å². The molecule has 1 heterocycles. The monoisotopic (exact) mass is 421 g/mol. The highest BCUT2D eigenvalue weighted by Crippen LogP contribution is 2.18. The van der Waals surface area contributed by atoms with Gasteiger partial charge in [0, 0.05) is 13.1 Å². The minimum atomic E-state index is -3.73. The van der Waals surface area contributed by atoms with Gasteiger partial charge in [0.25, 0.3) is 0 Å². The number of carbonyl (C=O) groups excluding carboxylic acids is 1. The molecule has 1 saturated heterocycles. The van der Waals surface area contributed by atoms with Crippen LogP contribution in [0.1, 0.15) is 18.4 Å². The zero-order valence-corrected chi connectivity index (χ0v) is 17.6. The molecule has 0 bridgehead atoms. The predicted molar refractivity (Wildman–Crippen MR) is 109 cm³/mol. The number of nitrogens with one attached hydrogen (secondary N) is 1. The number of likely N-dealkylation sites (tertiary alicyclic amines) is 1. The molecule has 6 nitrogen and oxygen atoms in total. The van der Waals surface area contributed by atoms with Gasteiger partial charge in [-0.25, -0.2) is 8.42 Å². The third-order valence-corrected chi connectivity index (χ3v) is 6.60. The maximum atomic E-state index is 12.8. The quantitative estimate of drug-likeness (QED) is 0.665. The Morgan fingerprint density at radius 2 is 2.04 bits per heavy atom. The largest absolute Gasteiger partial charge is 0.341 e. The Morgan fingerprint density at radius 3 is 2.58 bits per heavy atom. The summed E-state index contributed by atoms with van der Waals surface area (Å²) in [6.45, 7) is 3.70. The van der Waals surface area contributed by atoms with Crippen molar-refractivity contribution in [2.75, 3.05) is 31.6 Å². The van der Waals surface area contributed by atoms with E-state index in [1.165, 1.54) is 0 Å². The first-order valence-corrected chi connectivity index (χ1v) is 11.3. The molecule has 2 unspecified atom stereocenters. The van der Waals surface area contributed by atoms with Gasteiger partial charge in [0.1, 0.15) is 6.04 Å². The highest BCUT2D eigenvalue weighted by atomic mass is 35.5. The third kappa shape index (κ3) is 6.13. The second-order valence-corrected chi connectivity index (χ2v) is 9.14. The topological polar surface area (TPSA) is 92.5 Å². The minimum Gasteiger partial charge on any atom is -0.341 e. The molecule has 0 aliphatic carbocycles. The van der Waals surface area contributed by atoms with E-state index in [1.54, 1.807) is 40.9 Å². The molecular weight excluding hydrogens is 394 g/mol. The summed E-state index contributed by atoms with van der Waals surface area (Å²) in [6.07, 6.45) is 3.29. The average molecular weight is 422 g/mol. The van der Waals surface area contributed by atoms with Gasteiger partial charge in [0.15, 0.2) is 0 Å². The van der Waals surface area contributed by atoms with Gasteiger partial charge in [0.05, 0.1) is 4.90 Å². The maximum absolute atomic E-state index is 12.8. The Bertz CT molecular complexity index is 683. The van der Waals surface area contributed by atoms with E-state index >= 15 is 0 Å². The molecule has 1 amide bonds. The predicted octanol–water partition coefficient (Wildman–Crippen LogP) is 1.62. The van der Waals surface area contributed by atoms with Crippen LogP contribution in [0.5, 0.6) is 0 Å². The Labute approximate surface area is 166 Å². The molecular formula is C17H28ClN3O3S2. The molecule has 1 aromatic carbocycles. The van der Waals surface area contributed by atoms with Crippen LogP contribution in [-0.4, -0.2) is 56.9 Å².